The van der Waals surface area contributed by atoms with Gasteiger partial charge >= 0.3 is 0 Å². The van der Waals surface area contributed by atoms with E-state index in [1.54, 1.807) is 23.2 Å². The van der Waals surface area contributed by atoms with Crippen molar-refractivity contribution in [3.05, 3.63) is 70.6 Å². The van der Waals surface area contributed by atoms with Gasteiger partial charge in [-0.1, -0.05) is 37.3 Å². The largest absolute Gasteiger partial charge is 0.366 e. The molecule has 0 bridgehead atoms. The molecule has 0 aliphatic carbocycles. The third-order valence-corrected chi connectivity index (χ3v) is 5.33. The van der Waals surface area contributed by atoms with Crippen LogP contribution >= 0.6 is 11.3 Å². The molecule has 0 fully saturated rings. The summed E-state index contributed by atoms with van der Waals surface area (Å²) in [5, 5.41) is 3.29. The zero-order chi connectivity index (χ0) is 18.7. The lowest BCUT2D eigenvalue weighted by atomic mass is 9.99. The third-order valence-electron chi connectivity index (χ3n) is 4.10. The number of nitrogens with zero attached hydrogens (tertiary/aromatic N) is 2. The van der Waals surface area contributed by atoms with Crippen molar-refractivity contribution in [1.29, 1.82) is 0 Å². The predicted molar refractivity (Wildman–Crippen MR) is 102 cm³/mol. The molecule has 1 aromatic carbocycles. The van der Waals surface area contributed by atoms with Crippen LogP contribution in [0.5, 0.6) is 0 Å². The molecule has 7 heteroatoms. The van der Waals surface area contributed by atoms with E-state index < -0.39 is 5.91 Å². The first-order valence-electron chi connectivity index (χ1n) is 8.19. The number of hydrogen-bond donors (Lipinski definition) is 2. The number of carbonyl (C=O) groups excluding carboxylic acids is 2. The number of aryl methyl sites for hydroxylation is 1. The van der Waals surface area contributed by atoms with Crippen molar-refractivity contribution < 1.29 is 9.59 Å². The molecular formula is C19H20N4O2S. The van der Waals surface area contributed by atoms with Crippen molar-refractivity contribution in [2.24, 2.45) is 12.8 Å². The molecule has 1 atom stereocenters. The zero-order valence-corrected chi connectivity index (χ0v) is 15.4. The van der Waals surface area contributed by atoms with Crippen LogP contribution in [0.1, 0.15) is 39.3 Å². The summed E-state index contributed by atoms with van der Waals surface area (Å²) < 4.78 is 1.78. The number of rotatable bonds is 6. The Morgan fingerprint density at radius 1 is 1.31 bits per heavy atom. The average Bonchev–Trinajstić information content (AvgIpc) is 3.21. The summed E-state index contributed by atoms with van der Waals surface area (Å²) in [6, 6.07) is 11.7. The smallest absolute Gasteiger partial charge is 0.251 e. The quantitative estimate of drug-likeness (QED) is 0.701. The van der Waals surface area contributed by atoms with Crippen LogP contribution in [-0.4, -0.2) is 21.4 Å². The van der Waals surface area contributed by atoms with Crippen LogP contribution in [0.3, 0.4) is 0 Å². The second kappa shape index (κ2) is 7.53. The Kier molecular flexibility index (Phi) is 5.18. The summed E-state index contributed by atoms with van der Waals surface area (Å²) in [5.41, 5.74) is 7.64. The monoisotopic (exact) mass is 368 g/mol. The maximum Gasteiger partial charge on any atom is 0.251 e. The molecule has 3 aromatic rings. The van der Waals surface area contributed by atoms with Crippen molar-refractivity contribution in [2.45, 2.75) is 19.3 Å². The van der Waals surface area contributed by atoms with E-state index in [1.165, 1.54) is 11.3 Å². The maximum absolute atomic E-state index is 12.3. The summed E-state index contributed by atoms with van der Waals surface area (Å²) in [7, 11) is 1.84. The molecule has 0 aliphatic rings. The van der Waals surface area contributed by atoms with Gasteiger partial charge in [-0.05, 0) is 11.6 Å². The van der Waals surface area contributed by atoms with Gasteiger partial charge in [0.2, 0.25) is 5.91 Å². The van der Waals surface area contributed by atoms with Gasteiger partial charge in [-0.3, -0.25) is 9.59 Å². The van der Waals surface area contributed by atoms with E-state index >= 15 is 0 Å². The highest BCUT2D eigenvalue weighted by Crippen LogP contribution is 2.36. The lowest BCUT2D eigenvalue weighted by molar-refractivity contribution is -0.115. The standard InChI is InChI=1S/C19H20N4O2S/c1-12(13-6-4-3-5-7-13)16-9-15(18(20)25)19(26-16)22-17(24)8-14-10-23(2)11-21-14/h3-7,9-12H,8H2,1-2H3,(H2,20,25)(H,22,24). The second-order valence-electron chi connectivity index (χ2n) is 6.14. The highest BCUT2D eigenvalue weighted by Gasteiger charge is 2.20. The lowest BCUT2D eigenvalue weighted by Crippen LogP contribution is -2.18. The van der Waals surface area contributed by atoms with Crippen LogP contribution in [0.2, 0.25) is 0 Å². The molecule has 3 N–H and O–H groups in total. The van der Waals surface area contributed by atoms with Gasteiger partial charge in [0.1, 0.15) is 5.00 Å². The number of benzene rings is 1. The molecule has 2 aromatic heterocycles. The topological polar surface area (TPSA) is 90.0 Å². The number of nitrogens with two attached hydrogens (primary N) is 1. The van der Waals surface area contributed by atoms with Gasteiger partial charge in [0.15, 0.2) is 0 Å². The summed E-state index contributed by atoms with van der Waals surface area (Å²) in [6.45, 7) is 2.06. The Morgan fingerprint density at radius 2 is 2.04 bits per heavy atom. The first kappa shape index (κ1) is 17.9. The molecule has 0 spiro atoms. The van der Waals surface area contributed by atoms with Crippen molar-refractivity contribution >= 4 is 28.2 Å². The molecule has 26 heavy (non-hydrogen) atoms. The molecule has 0 aliphatic heterocycles. The first-order chi connectivity index (χ1) is 12.4. The Hall–Kier alpha value is -2.93. The van der Waals surface area contributed by atoms with Crippen molar-refractivity contribution in [3.63, 3.8) is 0 Å². The fraction of sp³-hybridized carbons (Fsp3) is 0.211. The Bertz CT molecular complexity index is 930. The Morgan fingerprint density at radius 3 is 2.65 bits per heavy atom. The normalized spacial score (nSPS) is 11.9. The van der Waals surface area contributed by atoms with E-state index in [0.29, 0.717) is 16.3 Å². The van der Waals surface area contributed by atoms with Gasteiger partial charge in [-0.25, -0.2) is 4.98 Å². The van der Waals surface area contributed by atoms with Gasteiger partial charge in [-0.15, -0.1) is 11.3 Å². The predicted octanol–water partition coefficient (Wildman–Crippen LogP) is 2.91. The number of carbonyl (C=O) groups is 2. The number of imidazole rings is 1. The van der Waals surface area contributed by atoms with Crippen LogP contribution in [0.4, 0.5) is 5.00 Å². The summed E-state index contributed by atoms with van der Waals surface area (Å²) in [6.07, 6.45) is 3.56. The second-order valence-corrected chi connectivity index (χ2v) is 7.23. The van der Waals surface area contributed by atoms with E-state index in [-0.39, 0.29) is 18.2 Å². The van der Waals surface area contributed by atoms with E-state index in [1.807, 2.05) is 37.4 Å². The van der Waals surface area contributed by atoms with Gasteiger partial charge in [0, 0.05) is 24.0 Å². The number of hydrogen-bond acceptors (Lipinski definition) is 4. The molecular weight excluding hydrogens is 348 g/mol. The number of primary amides is 1. The third kappa shape index (κ3) is 4.00. The van der Waals surface area contributed by atoms with E-state index in [4.69, 9.17) is 5.73 Å². The van der Waals surface area contributed by atoms with Gasteiger partial charge in [0.05, 0.1) is 24.0 Å². The maximum atomic E-state index is 12.3. The van der Waals surface area contributed by atoms with Gasteiger partial charge in [-0.2, -0.15) is 0 Å². The summed E-state index contributed by atoms with van der Waals surface area (Å²) >= 11 is 1.38. The number of anilines is 1. The molecule has 1 unspecified atom stereocenters. The lowest BCUT2D eigenvalue weighted by Gasteiger charge is -2.09. The van der Waals surface area contributed by atoms with Gasteiger partial charge in [0.25, 0.3) is 5.91 Å². The minimum atomic E-state index is -0.555. The number of thiophene rings is 1. The SMILES string of the molecule is CC(c1ccccc1)c1cc(C(N)=O)c(NC(=O)Cc2cn(C)cn2)s1. The molecule has 0 radical (unpaired) electrons. The fourth-order valence-electron chi connectivity index (χ4n) is 2.70. The van der Waals surface area contributed by atoms with Gasteiger partial charge < -0.3 is 15.6 Å². The van der Waals surface area contributed by atoms with Crippen LogP contribution < -0.4 is 11.1 Å². The van der Waals surface area contributed by atoms with E-state index in [2.05, 4.69) is 17.2 Å². The minimum absolute atomic E-state index is 0.0979. The van der Waals surface area contributed by atoms with E-state index in [9.17, 15) is 9.59 Å². The first-order valence-corrected chi connectivity index (χ1v) is 9.01. The molecule has 6 nitrogen and oxygen atoms in total. The van der Waals surface area contributed by atoms with Crippen molar-refractivity contribution in [3.8, 4) is 0 Å². The van der Waals surface area contributed by atoms with Crippen LogP contribution in [0, 0.1) is 0 Å². The molecule has 0 saturated heterocycles. The fourth-order valence-corrected chi connectivity index (χ4v) is 3.86. The number of nitrogens with one attached hydrogen (secondary N) is 1. The van der Waals surface area contributed by atoms with Crippen molar-refractivity contribution in [1.82, 2.24) is 9.55 Å². The summed E-state index contributed by atoms with van der Waals surface area (Å²) in [4.78, 5) is 29.2. The molecule has 2 heterocycles. The Balaban J connectivity index is 1.81. The number of amides is 2. The highest BCUT2D eigenvalue weighted by molar-refractivity contribution is 7.16. The van der Waals surface area contributed by atoms with Crippen LogP contribution in [0.25, 0.3) is 0 Å². The Labute approximate surface area is 155 Å². The summed E-state index contributed by atoms with van der Waals surface area (Å²) in [5.74, 6) is -0.686. The van der Waals surface area contributed by atoms with Crippen molar-refractivity contribution in [2.75, 3.05) is 5.32 Å². The van der Waals surface area contributed by atoms with E-state index in [0.717, 1.165) is 10.4 Å². The molecule has 134 valence electrons. The van der Waals surface area contributed by atoms with Crippen LogP contribution in [0.15, 0.2) is 48.9 Å². The molecule has 2 amide bonds. The average molecular weight is 368 g/mol. The minimum Gasteiger partial charge on any atom is -0.366 e. The zero-order valence-electron chi connectivity index (χ0n) is 14.6. The van der Waals surface area contributed by atoms with Crippen LogP contribution in [-0.2, 0) is 18.3 Å². The highest BCUT2D eigenvalue weighted by atomic mass is 32.1. The molecule has 3 rings (SSSR count). The number of aromatic nitrogens is 2. The molecule has 0 saturated carbocycles.